The van der Waals surface area contributed by atoms with Gasteiger partial charge in [-0.3, -0.25) is 4.79 Å². The van der Waals surface area contributed by atoms with Crippen LogP contribution in [-0.2, 0) is 0 Å². The molecule has 7 heteroatoms. The van der Waals surface area contributed by atoms with E-state index < -0.39 is 17.9 Å². The van der Waals surface area contributed by atoms with Crippen molar-refractivity contribution in [1.29, 1.82) is 0 Å². The highest BCUT2D eigenvalue weighted by atomic mass is 35.5. The van der Waals surface area contributed by atoms with Gasteiger partial charge >= 0.3 is 6.36 Å². The minimum Gasteiger partial charge on any atom is -0.405 e. The molecule has 0 spiro atoms. The van der Waals surface area contributed by atoms with E-state index in [0.29, 0.717) is 0 Å². The first-order valence-electron chi connectivity index (χ1n) is 4.02. The van der Waals surface area contributed by atoms with Crippen LogP contribution in [-0.4, -0.2) is 18.7 Å². The average Bonchev–Trinajstić information content (AvgIpc) is 2.15. The summed E-state index contributed by atoms with van der Waals surface area (Å²) in [5.41, 5.74) is 4.88. The number of carbonyl (C=O) groups is 1. The Kier molecular flexibility index (Phi) is 5.26. The van der Waals surface area contributed by atoms with E-state index in [4.69, 9.17) is 5.73 Å². The van der Waals surface area contributed by atoms with Gasteiger partial charge in [0, 0.05) is 0 Å². The molecule has 2 N–H and O–H groups in total. The fourth-order valence-electron chi connectivity index (χ4n) is 1.02. The van der Waals surface area contributed by atoms with Crippen molar-refractivity contribution in [2.75, 3.05) is 6.54 Å². The molecule has 0 amide bonds. The number of para-hydroxylation sites is 1. The van der Waals surface area contributed by atoms with E-state index in [0.717, 1.165) is 6.07 Å². The Balaban J connectivity index is 0.00000225. The maximum absolute atomic E-state index is 11.9. The number of carbonyl (C=O) groups excluding carboxylic acids is 1. The molecule has 0 aliphatic rings. The molecule has 0 saturated heterocycles. The molecule has 90 valence electrons. The monoisotopic (exact) mass is 255 g/mol. The highest BCUT2D eigenvalue weighted by Gasteiger charge is 2.32. The SMILES string of the molecule is Cl.NCC(=O)c1ccccc1OC(F)(F)F. The van der Waals surface area contributed by atoms with Crippen LogP contribution < -0.4 is 10.5 Å². The second-order valence-electron chi connectivity index (χ2n) is 2.67. The number of ketones is 1. The fraction of sp³-hybridized carbons (Fsp3) is 0.222. The van der Waals surface area contributed by atoms with Crippen LogP contribution in [0.25, 0.3) is 0 Å². The molecular formula is C9H9ClF3NO2. The molecular weight excluding hydrogens is 247 g/mol. The summed E-state index contributed by atoms with van der Waals surface area (Å²) in [6, 6.07) is 5.08. The molecule has 0 aliphatic heterocycles. The fourth-order valence-corrected chi connectivity index (χ4v) is 1.02. The number of nitrogens with two attached hydrogens (primary N) is 1. The molecule has 0 bridgehead atoms. The first-order valence-corrected chi connectivity index (χ1v) is 4.02. The first-order chi connectivity index (χ1) is 6.94. The van der Waals surface area contributed by atoms with Crippen LogP contribution in [0.2, 0.25) is 0 Å². The summed E-state index contributed by atoms with van der Waals surface area (Å²) >= 11 is 0. The second kappa shape index (κ2) is 5.72. The van der Waals surface area contributed by atoms with Gasteiger partial charge in [-0.15, -0.1) is 25.6 Å². The van der Waals surface area contributed by atoms with Gasteiger partial charge in [-0.25, -0.2) is 0 Å². The largest absolute Gasteiger partial charge is 0.573 e. The topological polar surface area (TPSA) is 52.3 Å². The summed E-state index contributed by atoms with van der Waals surface area (Å²) in [7, 11) is 0. The summed E-state index contributed by atoms with van der Waals surface area (Å²) < 4.78 is 39.5. The van der Waals surface area contributed by atoms with E-state index in [1.165, 1.54) is 18.2 Å². The van der Waals surface area contributed by atoms with E-state index >= 15 is 0 Å². The summed E-state index contributed by atoms with van der Waals surface area (Å²) in [4.78, 5) is 11.1. The van der Waals surface area contributed by atoms with Gasteiger partial charge in [0.1, 0.15) is 5.75 Å². The molecule has 1 aromatic rings. The van der Waals surface area contributed by atoms with Crippen molar-refractivity contribution in [3.05, 3.63) is 29.8 Å². The smallest absolute Gasteiger partial charge is 0.405 e. The third-order valence-corrected chi connectivity index (χ3v) is 1.60. The quantitative estimate of drug-likeness (QED) is 0.842. The third-order valence-electron chi connectivity index (χ3n) is 1.60. The first kappa shape index (κ1) is 14.7. The van der Waals surface area contributed by atoms with Crippen LogP contribution in [0, 0.1) is 0 Å². The predicted octanol–water partition coefficient (Wildman–Crippen LogP) is 2.15. The lowest BCUT2D eigenvalue weighted by atomic mass is 10.1. The Labute approximate surface area is 95.8 Å². The summed E-state index contributed by atoms with van der Waals surface area (Å²) in [5.74, 6) is -1.13. The van der Waals surface area contributed by atoms with Crippen molar-refractivity contribution in [3.8, 4) is 5.75 Å². The number of alkyl halides is 3. The van der Waals surface area contributed by atoms with E-state index in [1.54, 1.807) is 0 Å². The van der Waals surface area contributed by atoms with Gasteiger partial charge in [0.25, 0.3) is 0 Å². The standard InChI is InChI=1S/C9H8F3NO2.ClH/c10-9(11,12)15-8-4-2-1-3-6(8)7(14)5-13;/h1-4H,5,13H2;1H. The summed E-state index contributed by atoms with van der Waals surface area (Å²) in [6.07, 6.45) is -4.81. The van der Waals surface area contributed by atoms with E-state index in [-0.39, 0.29) is 24.5 Å². The van der Waals surface area contributed by atoms with Gasteiger partial charge < -0.3 is 10.5 Å². The zero-order chi connectivity index (χ0) is 11.5. The van der Waals surface area contributed by atoms with Crippen molar-refractivity contribution >= 4 is 18.2 Å². The van der Waals surface area contributed by atoms with Gasteiger partial charge in [0.05, 0.1) is 12.1 Å². The molecule has 0 aromatic heterocycles. The molecule has 1 rings (SSSR count). The minimum absolute atomic E-state index is 0. The highest BCUT2D eigenvalue weighted by Crippen LogP contribution is 2.26. The normalized spacial score (nSPS) is 10.5. The van der Waals surface area contributed by atoms with Gasteiger partial charge in [-0.05, 0) is 12.1 Å². The lowest BCUT2D eigenvalue weighted by Crippen LogP contribution is -2.21. The van der Waals surface area contributed by atoms with Gasteiger partial charge in [0.15, 0.2) is 5.78 Å². The Hall–Kier alpha value is -1.27. The number of hydrogen-bond donors (Lipinski definition) is 1. The number of benzene rings is 1. The number of hydrogen-bond acceptors (Lipinski definition) is 3. The van der Waals surface area contributed by atoms with Crippen molar-refractivity contribution in [1.82, 2.24) is 0 Å². The maximum Gasteiger partial charge on any atom is 0.573 e. The second-order valence-corrected chi connectivity index (χ2v) is 2.67. The number of halogens is 4. The van der Waals surface area contributed by atoms with E-state index in [1.807, 2.05) is 0 Å². The molecule has 0 radical (unpaired) electrons. The molecule has 0 unspecified atom stereocenters. The lowest BCUT2D eigenvalue weighted by molar-refractivity contribution is -0.274. The molecule has 0 heterocycles. The minimum atomic E-state index is -4.81. The Morgan fingerprint density at radius 2 is 1.88 bits per heavy atom. The number of Topliss-reactive ketones (excluding diaryl/α,β-unsaturated/α-hetero) is 1. The Morgan fingerprint density at radius 1 is 1.31 bits per heavy atom. The Bertz CT molecular complexity index is 368. The van der Waals surface area contributed by atoms with Crippen LogP contribution in [0.1, 0.15) is 10.4 Å². The van der Waals surface area contributed by atoms with Gasteiger partial charge in [-0.1, -0.05) is 12.1 Å². The molecule has 3 nitrogen and oxygen atoms in total. The van der Waals surface area contributed by atoms with E-state index in [2.05, 4.69) is 4.74 Å². The van der Waals surface area contributed by atoms with Crippen LogP contribution in [0.5, 0.6) is 5.75 Å². The zero-order valence-electron chi connectivity index (χ0n) is 7.95. The zero-order valence-corrected chi connectivity index (χ0v) is 8.77. The maximum atomic E-state index is 11.9. The number of rotatable bonds is 3. The van der Waals surface area contributed by atoms with Gasteiger partial charge in [-0.2, -0.15) is 0 Å². The van der Waals surface area contributed by atoms with Crippen molar-refractivity contribution in [3.63, 3.8) is 0 Å². The van der Waals surface area contributed by atoms with Crippen molar-refractivity contribution < 1.29 is 22.7 Å². The Morgan fingerprint density at radius 3 is 2.38 bits per heavy atom. The molecule has 1 aromatic carbocycles. The molecule has 16 heavy (non-hydrogen) atoms. The molecule has 0 aliphatic carbocycles. The summed E-state index contributed by atoms with van der Waals surface area (Å²) in [5, 5.41) is 0. The van der Waals surface area contributed by atoms with Crippen molar-refractivity contribution in [2.24, 2.45) is 5.73 Å². The average molecular weight is 256 g/mol. The third kappa shape index (κ3) is 4.08. The van der Waals surface area contributed by atoms with Crippen molar-refractivity contribution in [2.45, 2.75) is 6.36 Å². The van der Waals surface area contributed by atoms with Crippen LogP contribution >= 0.6 is 12.4 Å². The summed E-state index contributed by atoms with van der Waals surface area (Å²) in [6.45, 7) is -0.363. The van der Waals surface area contributed by atoms with E-state index in [9.17, 15) is 18.0 Å². The lowest BCUT2D eigenvalue weighted by Gasteiger charge is -2.11. The number of ether oxygens (including phenoxy) is 1. The molecule has 0 saturated carbocycles. The highest BCUT2D eigenvalue weighted by molar-refractivity contribution is 5.99. The predicted molar refractivity (Wildman–Crippen MR) is 53.8 cm³/mol. The van der Waals surface area contributed by atoms with Crippen LogP contribution in [0.15, 0.2) is 24.3 Å². The van der Waals surface area contributed by atoms with Crippen LogP contribution in [0.4, 0.5) is 13.2 Å². The van der Waals surface area contributed by atoms with Gasteiger partial charge in [0.2, 0.25) is 0 Å². The van der Waals surface area contributed by atoms with Crippen LogP contribution in [0.3, 0.4) is 0 Å². The molecule has 0 fully saturated rings. The molecule has 0 atom stereocenters.